The van der Waals surface area contributed by atoms with Crippen molar-refractivity contribution in [2.24, 2.45) is 0 Å². The van der Waals surface area contributed by atoms with E-state index in [-0.39, 0.29) is 16.3 Å². The number of benzene rings is 3. The van der Waals surface area contributed by atoms with Gasteiger partial charge in [0.2, 0.25) is 0 Å². The Morgan fingerprint density at radius 3 is 1.97 bits per heavy atom. The number of alkyl halides is 3. The molecule has 2 heterocycles. The van der Waals surface area contributed by atoms with Gasteiger partial charge in [0.1, 0.15) is 17.2 Å². The van der Waals surface area contributed by atoms with Crippen molar-refractivity contribution in [1.82, 2.24) is 10.2 Å². The van der Waals surface area contributed by atoms with Crippen LogP contribution in [0.1, 0.15) is 5.56 Å². The molecule has 168 valence electrons. The number of rotatable bonds is 4. The second-order valence-corrected chi connectivity index (χ2v) is 7.99. The maximum absolute atomic E-state index is 13.3. The fourth-order valence-corrected chi connectivity index (χ4v) is 3.90. The molecule has 5 aromatic rings. The van der Waals surface area contributed by atoms with Gasteiger partial charge in [-0.15, -0.1) is 10.2 Å². The van der Waals surface area contributed by atoms with Gasteiger partial charge in [-0.25, -0.2) is 0 Å². The zero-order chi connectivity index (χ0) is 23.7. The molecule has 3 aromatic carbocycles. The first-order valence-corrected chi connectivity index (χ1v) is 10.7. The number of nitrogens with zero attached hydrogens (tertiary/aromatic N) is 2. The number of aromatic nitrogens is 2. The largest absolute Gasteiger partial charge is 0.456 e. The molecule has 0 aliphatic rings. The van der Waals surface area contributed by atoms with Crippen LogP contribution in [0.3, 0.4) is 0 Å². The van der Waals surface area contributed by atoms with Gasteiger partial charge in [-0.3, -0.25) is 0 Å². The maximum atomic E-state index is 13.3. The summed E-state index contributed by atoms with van der Waals surface area (Å²) in [5, 5.41) is 8.50. The molecule has 0 atom stereocenters. The Labute approximate surface area is 198 Å². The summed E-state index contributed by atoms with van der Waals surface area (Å²) in [7, 11) is 0. The molecule has 2 aromatic heterocycles. The zero-order valence-corrected chi connectivity index (χ0v) is 18.3. The highest BCUT2D eigenvalue weighted by molar-refractivity contribution is 6.31. The first-order chi connectivity index (χ1) is 16.4. The lowest BCUT2D eigenvalue weighted by molar-refractivity contribution is -0.137. The Balaban J connectivity index is 1.63. The minimum absolute atomic E-state index is 0.273. The van der Waals surface area contributed by atoms with Gasteiger partial charge in [0.15, 0.2) is 0 Å². The third-order valence-corrected chi connectivity index (χ3v) is 5.67. The predicted octanol–water partition coefficient (Wildman–Crippen LogP) is 8.41. The van der Waals surface area contributed by atoms with Crippen LogP contribution < -0.4 is 0 Å². The van der Waals surface area contributed by atoms with Crippen molar-refractivity contribution in [3.05, 3.63) is 108 Å². The van der Waals surface area contributed by atoms with E-state index >= 15 is 0 Å². The highest BCUT2D eigenvalue weighted by atomic mass is 35.5. The van der Waals surface area contributed by atoms with Crippen molar-refractivity contribution in [2.45, 2.75) is 6.18 Å². The van der Waals surface area contributed by atoms with Crippen molar-refractivity contribution in [2.75, 3.05) is 0 Å². The van der Waals surface area contributed by atoms with Crippen LogP contribution in [0, 0.1) is 0 Å². The van der Waals surface area contributed by atoms with Crippen molar-refractivity contribution in [3.8, 4) is 45.2 Å². The minimum atomic E-state index is -4.57. The maximum Gasteiger partial charge on any atom is 0.417 e. The Hall–Kier alpha value is -3.90. The molecule has 0 aliphatic carbocycles. The van der Waals surface area contributed by atoms with Gasteiger partial charge >= 0.3 is 6.18 Å². The molecule has 34 heavy (non-hydrogen) atoms. The van der Waals surface area contributed by atoms with Gasteiger partial charge < -0.3 is 4.42 Å². The third-order valence-electron chi connectivity index (χ3n) is 5.34. The molecular formula is C27H16ClF3N2O. The second-order valence-electron chi connectivity index (χ2n) is 7.58. The summed E-state index contributed by atoms with van der Waals surface area (Å²) in [5.74, 6) is 0.749. The van der Waals surface area contributed by atoms with Gasteiger partial charge in [0.05, 0.1) is 16.3 Å². The summed E-state index contributed by atoms with van der Waals surface area (Å²) in [6.45, 7) is 0. The van der Waals surface area contributed by atoms with Crippen molar-refractivity contribution in [1.29, 1.82) is 0 Å². The molecule has 0 bridgehead atoms. The molecule has 0 spiro atoms. The van der Waals surface area contributed by atoms with Gasteiger partial charge in [-0.05, 0) is 36.4 Å². The fourth-order valence-electron chi connectivity index (χ4n) is 3.67. The summed E-state index contributed by atoms with van der Waals surface area (Å²) in [6, 6.07) is 28.0. The molecule has 0 radical (unpaired) electrons. The topological polar surface area (TPSA) is 38.9 Å². The second kappa shape index (κ2) is 8.80. The SMILES string of the molecule is FC(F)(F)c1cc(-c2ccc(-c3cc(-c4ccccc4)nnc3-c3ccccc3)o2)ccc1Cl. The van der Waals surface area contributed by atoms with Crippen LogP contribution in [0.2, 0.25) is 5.02 Å². The molecule has 0 saturated carbocycles. The van der Waals surface area contributed by atoms with Crippen LogP contribution in [-0.4, -0.2) is 10.2 Å². The minimum Gasteiger partial charge on any atom is -0.456 e. The van der Waals surface area contributed by atoms with Crippen molar-refractivity contribution >= 4 is 11.6 Å². The summed E-state index contributed by atoms with van der Waals surface area (Å²) in [5.41, 5.74) is 3.02. The monoisotopic (exact) mass is 476 g/mol. The normalized spacial score (nSPS) is 11.5. The first kappa shape index (κ1) is 21.9. The molecule has 0 N–H and O–H groups in total. The lowest BCUT2D eigenvalue weighted by Crippen LogP contribution is -2.05. The van der Waals surface area contributed by atoms with E-state index in [0.29, 0.717) is 22.7 Å². The van der Waals surface area contributed by atoms with Gasteiger partial charge in [0, 0.05) is 22.3 Å². The van der Waals surface area contributed by atoms with Gasteiger partial charge in [-0.2, -0.15) is 13.2 Å². The number of halogens is 4. The molecular weight excluding hydrogens is 461 g/mol. The molecule has 0 saturated heterocycles. The Morgan fingerprint density at radius 2 is 1.29 bits per heavy atom. The quantitative estimate of drug-likeness (QED) is 0.261. The smallest absolute Gasteiger partial charge is 0.417 e. The Kier molecular flexibility index (Phi) is 5.67. The van der Waals surface area contributed by atoms with E-state index in [9.17, 15) is 13.2 Å². The lowest BCUT2D eigenvalue weighted by atomic mass is 10.0. The molecule has 3 nitrogen and oxygen atoms in total. The summed E-state index contributed by atoms with van der Waals surface area (Å²) >= 11 is 5.77. The summed E-state index contributed by atoms with van der Waals surface area (Å²) in [6.07, 6.45) is -4.57. The summed E-state index contributed by atoms with van der Waals surface area (Å²) in [4.78, 5) is 0. The van der Waals surface area contributed by atoms with E-state index in [1.807, 2.05) is 66.7 Å². The van der Waals surface area contributed by atoms with E-state index < -0.39 is 11.7 Å². The fraction of sp³-hybridized carbons (Fsp3) is 0.0370. The van der Waals surface area contributed by atoms with E-state index in [2.05, 4.69) is 10.2 Å². The Bertz CT molecular complexity index is 1450. The molecule has 0 fully saturated rings. The highest BCUT2D eigenvalue weighted by Crippen LogP contribution is 2.39. The van der Waals surface area contributed by atoms with Gasteiger partial charge in [0.25, 0.3) is 0 Å². The molecule has 0 amide bonds. The molecule has 0 unspecified atom stereocenters. The number of furan rings is 1. The predicted molar refractivity (Wildman–Crippen MR) is 126 cm³/mol. The van der Waals surface area contributed by atoms with Crippen LogP contribution in [0.4, 0.5) is 13.2 Å². The van der Waals surface area contributed by atoms with Crippen LogP contribution >= 0.6 is 11.6 Å². The van der Waals surface area contributed by atoms with E-state index in [1.54, 1.807) is 12.1 Å². The van der Waals surface area contributed by atoms with Crippen LogP contribution in [0.25, 0.3) is 45.2 Å². The average molecular weight is 477 g/mol. The van der Waals surface area contributed by atoms with Crippen LogP contribution in [0.15, 0.2) is 101 Å². The van der Waals surface area contributed by atoms with E-state index in [1.165, 1.54) is 12.1 Å². The van der Waals surface area contributed by atoms with Crippen LogP contribution in [-0.2, 0) is 6.18 Å². The lowest BCUT2D eigenvalue weighted by Gasteiger charge is -2.10. The van der Waals surface area contributed by atoms with E-state index in [4.69, 9.17) is 16.0 Å². The molecule has 5 rings (SSSR count). The van der Waals surface area contributed by atoms with Gasteiger partial charge in [-0.1, -0.05) is 72.3 Å². The number of hydrogen-bond donors (Lipinski definition) is 0. The first-order valence-electron chi connectivity index (χ1n) is 10.4. The van der Waals surface area contributed by atoms with Crippen molar-refractivity contribution < 1.29 is 17.6 Å². The zero-order valence-electron chi connectivity index (χ0n) is 17.6. The highest BCUT2D eigenvalue weighted by Gasteiger charge is 2.33. The number of hydrogen-bond acceptors (Lipinski definition) is 3. The summed E-state index contributed by atoms with van der Waals surface area (Å²) < 4.78 is 46.0. The third kappa shape index (κ3) is 4.32. The van der Waals surface area contributed by atoms with Crippen molar-refractivity contribution in [3.63, 3.8) is 0 Å². The molecule has 7 heteroatoms. The Morgan fingerprint density at radius 1 is 0.647 bits per heavy atom. The standard InChI is InChI=1S/C27H16ClF3N2O/c28-22-12-11-19(15-21(22)27(29,30)31)24-13-14-25(34-24)20-16-23(17-7-3-1-4-8-17)32-33-26(20)18-9-5-2-6-10-18/h1-16H. The van der Waals surface area contributed by atoms with Crippen LogP contribution in [0.5, 0.6) is 0 Å². The van der Waals surface area contributed by atoms with E-state index in [0.717, 1.165) is 17.2 Å². The molecule has 0 aliphatic heterocycles. The average Bonchev–Trinajstić information content (AvgIpc) is 3.35.